The van der Waals surface area contributed by atoms with Gasteiger partial charge in [0.25, 0.3) is 0 Å². The molecule has 0 aromatic heterocycles. The minimum Gasteiger partial charge on any atom is -0.481 e. The fraction of sp³-hybridized carbons (Fsp3) is 0.364. The molecule has 0 saturated heterocycles. The first-order valence-corrected chi connectivity index (χ1v) is 5.43. The molecule has 5 heteroatoms. The van der Waals surface area contributed by atoms with Crippen molar-refractivity contribution in [2.24, 2.45) is 5.92 Å². The molecule has 0 spiro atoms. The second-order valence-electron chi connectivity index (χ2n) is 3.81. The Labute approximate surface area is 104 Å². The predicted octanol–water partition coefficient (Wildman–Crippen LogP) is 2.92. The first-order chi connectivity index (χ1) is 7.28. The summed E-state index contributed by atoms with van der Waals surface area (Å²) in [6.45, 7) is 2.82. The topological polar surface area (TPSA) is 57.5 Å². The van der Waals surface area contributed by atoms with Crippen LogP contribution < -0.4 is 0 Å². The summed E-state index contributed by atoms with van der Waals surface area (Å²) in [5, 5.41) is 19.6. The second-order valence-corrected chi connectivity index (χ2v) is 4.59. The molecule has 0 aliphatic heterocycles. The quantitative estimate of drug-likeness (QED) is 0.881. The van der Waals surface area contributed by atoms with Crippen LogP contribution in [0.3, 0.4) is 0 Å². The molecule has 0 heterocycles. The summed E-state index contributed by atoms with van der Waals surface area (Å²) in [7, 11) is 0. The van der Waals surface area contributed by atoms with Gasteiger partial charge in [0.1, 0.15) is 5.60 Å². The Balaban J connectivity index is 3.26. The van der Waals surface area contributed by atoms with Crippen LogP contribution in [0.25, 0.3) is 0 Å². The molecule has 0 amide bonds. The Hall–Kier alpha value is -0.770. The van der Waals surface area contributed by atoms with E-state index in [1.165, 1.54) is 13.8 Å². The van der Waals surface area contributed by atoms with Crippen molar-refractivity contribution >= 4 is 29.2 Å². The highest BCUT2D eigenvalue weighted by Crippen LogP contribution is 2.37. The van der Waals surface area contributed by atoms with Crippen molar-refractivity contribution in [2.75, 3.05) is 0 Å². The lowest BCUT2D eigenvalue weighted by Crippen LogP contribution is -2.35. The van der Waals surface area contributed by atoms with E-state index in [1.54, 1.807) is 18.2 Å². The minimum atomic E-state index is -1.56. The molecule has 0 bridgehead atoms. The largest absolute Gasteiger partial charge is 0.481 e. The Bertz CT molecular complexity index is 416. The number of hydrogen-bond donors (Lipinski definition) is 2. The average Bonchev–Trinajstić information content (AvgIpc) is 2.20. The van der Waals surface area contributed by atoms with Crippen molar-refractivity contribution in [1.29, 1.82) is 0 Å². The normalized spacial score (nSPS) is 16.6. The van der Waals surface area contributed by atoms with Crippen molar-refractivity contribution in [3.63, 3.8) is 0 Å². The smallest absolute Gasteiger partial charge is 0.309 e. The molecule has 0 saturated carbocycles. The van der Waals surface area contributed by atoms with Gasteiger partial charge in [0, 0.05) is 5.56 Å². The number of aliphatic carboxylic acids is 1. The van der Waals surface area contributed by atoms with Crippen LogP contribution in [0.2, 0.25) is 10.0 Å². The average molecular weight is 263 g/mol. The lowest BCUT2D eigenvalue weighted by atomic mass is 9.84. The van der Waals surface area contributed by atoms with Gasteiger partial charge in [-0.15, -0.1) is 0 Å². The van der Waals surface area contributed by atoms with Gasteiger partial charge in [-0.1, -0.05) is 35.3 Å². The zero-order chi connectivity index (χ0) is 12.5. The van der Waals surface area contributed by atoms with E-state index in [1.807, 2.05) is 0 Å². The maximum atomic E-state index is 10.9. The molecule has 2 N–H and O–H groups in total. The highest BCUT2D eigenvalue weighted by Gasteiger charge is 2.37. The van der Waals surface area contributed by atoms with E-state index in [0.29, 0.717) is 5.56 Å². The van der Waals surface area contributed by atoms with Crippen LogP contribution in [0.4, 0.5) is 0 Å². The summed E-state index contributed by atoms with van der Waals surface area (Å²) in [5.74, 6) is -2.08. The van der Waals surface area contributed by atoms with Crippen LogP contribution in [0.1, 0.15) is 19.4 Å². The van der Waals surface area contributed by atoms with Crippen LogP contribution >= 0.6 is 23.2 Å². The summed E-state index contributed by atoms with van der Waals surface area (Å²) >= 11 is 11.8. The molecule has 0 aliphatic rings. The molecule has 16 heavy (non-hydrogen) atoms. The van der Waals surface area contributed by atoms with Gasteiger partial charge in [-0.25, -0.2) is 0 Å². The Morgan fingerprint density at radius 1 is 1.44 bits per heavy atom. The molecular weight excluding hydrogens is 251 g/mol. The molecular formula is C11H12Cl2O3. The number of benzene rings is 1. The number of carboxylic acid groups (broad SMARTS) is 1. The van der Waals surface area contributed by atoms with E-state index >= 15 is 0 Å². The number of hydrogen-bond acceptors (Lipinski definition) is 2. The SMILES string of the molecule is CC(C(=O)O)C(C)(O)c1cccc(Cl)c1Cl. The molecule has 0 radical (unpaired) electrons. The first kappa shape index (κ1) is 13.3. The predicted molar refractivity (Wildman–Crippen MR) is 62.8 cm³/mol. The third-order valence-electron chi connectivity index (χ3n) is 2.71. The maximum Gasteiger partial charge on any atom is 0.309 e. The van der Waals surface area contributed by atoms with Gasteiger partial charge in [-0.3, -0.25) is 4.79 Å². The van der Waals surface area contributed by atoms with Crippen LogP contribution in [-0.4, -0.2) is 16.2 Å². The van der Waals surface area contributed by atoms with E-state index in [-0.39, 0.29) is 10.0 Å². The van der Waals surface area contributed by atoms with Crippen LogP contribution in [0.15, 0.2) is 18.2 Å². The Kier molecular flexibility index (Phi) is 3.84. The van der Waals surface area contributed by atoms with Crippen LogP contribution in [0.5, 0.6) is 0 Å². The molecule has 3 nitrogen and oxygen atoms in total. The maximum absolute atomic E-state index is 10.9. The molecule has 2 unspecified atom stereocenters. The van der Waals surface area contributed by atoms with Gasteiger partial charge < -0.3 is 10.2 Å². The minimum absolute atomic E-state index is 0.183. The highest BCUT2D eigenvalue weighted by molar-refractivity contribution is 6.42. The lowest BCUT2D eigenvalue weighted by molar-refractivity contribution is -0.150. The third kappa shape index (κ3) is 2.32. The van der Waals surface area contributed by atoms with Crippen molar-refractivity contribution in [1.82, 2.24) is 0 Å². The van der Waals surface area contributed by atoms with Crippen molar-refractivity contribution < 1.29 is 15.0 Å². The fourth-order valence-corrected chi connectivity index (χ4v) is 1.86. The van der Waals surface area contributed by atoms with E-state index in [9.17, 15) is 9.90 Å². The monoisotopic (exact) mass is 262 g/mol. The summed E-state index contributed by atoms with van der Waals surface area (Å²) in [6.07, 6.45) is 0. The van der Waals surface area contributed by atoms with Gasteiger partial charge in [0.2, 0.25) is 0 Å². The van der Waals surface area contributed by atoms with Crippen molar-refractivity contribution in [3.8, 4) is 0 Å². The lowest BCUT2D eigenvalue weighted by Gasteiger charge is -2.29. The van der Waals surface area contributed by atoms with E-state index in [2.05, 4.69) is 0 Å². The summed E-state index contributed by atoms with van der Waals surface area (Å²) in [5.41, 5.74) is -1.25. The zero-order valence-corrected chi connectivity index (χ0v) is 10.4. The fourth-order valence-electron chi connectivity index (χ4n) is 1.37. The van der Waals surface area contributed by atoms with Crippen molar-refractivity contribution in [2.45, 2.75) is 19.4 Å². The number of aliphatic hydroxyl groups is 1. The summed E-state index contributed by atoms with van der Waals surface area (Å²) in [4.78, 5) is 10.9. The van der Waals surface area contributed by atoms with Gasteiger partial charge in [-0.05, 0) is 19.9 Å². The molecule has 1 aromatic rings. The van der Waals surface area contributed by atoms with Gasteiger partial charge in [0.05, 0.1) is 16.0 Å². The van der Waals surface area contributed by atoms with Gasteiger partial charge in [0.15, 0.2) is 0 Å². The standard InChI is InChI=1S/C11H12Cl2O3/c1-6(10(14)15)11(2,16)7-4-3-5-8(12)9(7)13/h3-6,16H,1-2H3,(H,14,15). The van der Waals surface area contributed by atoms with E-state index in [4.69, 9.17) is 28.3 Å². The molecule has 1 aromatic carbocycles. The number of rotatable bonds is 3. The van der Waals surface area contributed by atoms with E-state index < -0.39 is 17.5 Å². The van der Waals surface area contributed by atoms with Crippen molar-refractivity contribution in [3.05, 3.63) is 33.8 Å². The van der Waals surface area contributed by atoms with Gasteiger partial charge in [-0.2, -0.15) is 0 Å². The Morgan fingerprint density at radius 2 is 2.00 bits per heavy atom. The first-order valence-electron chi connectivity index (χ1n) is 4.68. The van der Waals surface area contributed by atoms with Gasteiger partial charge >= 0.3 is 5.97 Å². The summed E-state index contributed by atoms with van der Waals surface area (Å²) in [6, 6.07) is 4.76. The molecule has 88 valence electrons. The van der Waals surface area contributed by atoms with Crippen LogP contribution in [-0.2, 0) is 10.4 Å². The molecule has 0 aliphatic carbocycles. The molecule has 2 atom stereocenters. The third-order valence-corrected chi connectivity index (χ3v) is 3.53. The second kappa shape index (κ2) is 4.62. The number of carbonyl (C=O) groups is 1. The zero-order valence-electron chi connectivity index (χ0n) is 8.87. The Morgan fingerprint density at radius 3 is 2.50 bits per heavy atom. The number of halogens is 2. The number of carboxylic acids is 1. The molecule has 1 rings (SSSR count). The van der Waals surface area contributed by atoms with E-state index in [0.717, 1.165) is 0 Å². The summed E-state index contributed by atoms with van der Waals surface area (Å²) < 4.78 is 0. The molecule has 0 fully saturated rings. The van der Waals surface area contributed by atoms with Crippen LogP contribution in [0, 0.1) is 5.92 Å². The highest BCUT2D eigenvalue weighted by atomic mass is 35.5.